The van der Waals surface area contributed by atoms with Gasteiger partial charge in [-0.1, -0.05) is 5.21 Å². The first kappa shape index (κ1) is 15.4. The number of hydrogen-bond acceptors (Lipinski definition) is 5. The molecule has 0 saturated heterocycles. The Morgan fingerprint density at radius 1 is 1.53 bits per heavy atom. The molecule has 1 aromatic rings. The Labute approximate surface area is 106 Å². The van der Waals surface area contributed by atoms with E-state index >= 15 is 0 Å². The van der Waals surface area contributed by atoms with Crippen LogP contribution >= 0.6 is 0 Å². The van der Waals surface area contributed by atoms with Crippen molar-refractivity contribution in [3.63, 3.8) is 0 Å². The number of hydrogen-bond donors (Lipinski definition) is 3. The Bertz CT molecular complexity index is 421. The van der Waals surface area contributed by atoms with E-state index < -0.39 is 24.7 Å². The molecule has 1 unspecified atom stereocenters. The Hall–Kier alpha value is -1.68. The molecule has 0 aliphatic rings. The van der Waals surface area contributed by atoms with E-state index in [1.165, 1.54) is 10.9 Å². The molecule has 1 rings (SSSR count). The minimum atomic E-state index is -4.51. The van der Waals surface area contributed by atoms with E-state index in [1.54, 1.807) is 0 Å². The minimum absolute atomic E-state index is 0.0795. The standard InChI is InChI=1S/C9H13F3N4O3/c10-9(11,12)5-13-7(8(18)19)6-4-16(15-14-6)2-1-3-17/h4,7,13,17H,1-3,5H2,(H,18,19). The molecule has 0 radical (unpaired) electrons. The van der Waals surface area contributed by atoms with Crippen LogP contribution in [0.2, 0.25) is 0 Å². The first-order valence-corrected chi connectivity index (χ1v) is 5.37. The molecule has 0 aromatic carbocycles. The number of nitrogens with one attached hydrogen (secondary N) is 1. The monoisotopic (exact) mass is 282 g/mol. The summed E-state index contributed by atoms with van der Waals surface area (Å²) >= 11 is 0. The predicted molar refractivity (Wildman–Crippen MR) is 56.2 cm³/mol. The number of nitrogens with zero attached hydrogens (tertiary/aromatic N) is 3. The highest BCUT2D eigenvalue weighted by Crippen LogP contribution is 2.16. The van der Waals surface area contributed by atoms with E-state index in [2.05, 4.69) is 10.3 Å². The number of carbonyl (C=O) groups is 1. The van der Waals surface area contributed by atoms with Gasteiger partial charge in [0.15, 0.2) is 6.04 Å². The Kier molecular flexibility index (Phi) is 5.24. The maximum Gasteiger partial charge on any atom is 0.401 e. The highest BCUT2D eigenvalue weighted by atomic mass is 19.4. The van der Waals surface area contributed by atoms with Gasteiger partial charge >= 0.3 is 12.1 Å². The van der Waals surface area contributed by atoms with Crippen LogP contribution in [-0.2, 0) is 11.3 Å². The molecule has 1 atom stereocenters. The van der Waals surface area contributed by atoms with Crippen LogP contribution in [0, 0.1) is 0 Å². The fraction of sp³-hybridized carbons (Fsp3) is 0.667. The van der Waals surface area contributed by atoms with E-state index in [-0.39, 0.29) is 12.3 Å². The van der Waals surface area contributed by atoms with Crippen LogP contribution in [0.4, 0.5) is 13.2 Å². The summed E-state index contributed by atoms with van der Waals surface area (Å²) in [6.45, 7) is -1.22. The number of aliphatic carboxylic acids is 1. The average molecular weight is 282 g/mol. The zero-order chi connectivity index (χ0) is 14.5. The van der Waals surface area contributed by atoms with Gasteiger partial charge in [0.25, 0.3) is 0 Å². The van der Waals surface area contributed by atoms with E-state index in [1.807, 2.05) is 5.32 Å². The molecule has 0 amide bonds. The van der Waals surface area contributed by atoms with Gasteiger partial charge in [-0.3, -0.25) is 14.8 Å². The summed E-state index contributed by atoms with van der Waals surface area (Å²) in [5, 5.41) is 26.4. The molecule has 0 aliphatic heterocycles. The fourth-order valence-corrected chi connectivity index (χ4v) is 1.32. The summed E-state index contributed by atoms with van der Waals surface area (Å²) < 4.78 is 37.4. The molecule has 1 aromatic heterocycles. The molecule has 0 saturated carbocycles. The van der Waals surface area contributed by atoms with Crippen molar-refractivity contribution in [1.82, 2.24) is 20.3 Å². The second kappa shape index (κ2) is 6.48. The van der Waals surface area contributed by atoms with Gasteiger partial charge < -0.3 is 10.2 Å². The van der Waals surface area contributed by atoms with E-state index in [9.17, 15) is 18.0 Å². The first-order valence-electron chi connectivity index (χ1n) is 5.37. The Balaban J connectivity index is 2.70. The van der Waals surface area contributed by atoms with E-state index in [0.717, 1.165) is 0 Å². The number of alkyl halides is 3. The molecule has 10 heteroatoms. The zero-order valence-corrected chi connectivity index (χ0v) is 9.76. The Morgan fingerprint density at radius 3 is 2.74 bits per heavy atom. The quantitative estimate of drug-likeness (QED) is 0.647. The highest BCUT2D eigenvalue weighted by Gasteiger charge is 2.31. The predicted octanol–water partition coefficient (Wildman–Crippen LogP) is -0.0619. The van der Waals surface area contributed by atoms with E-state index in [0.29, 0.717) is 13.0 Å². The SMILES string of the molecule is O=C(O)C(NCC(F)(F)F)c1cn(CCCO)nn1. The molecule has 0 aliphatic carbocycles. The van der Waals surface area contributed by atoms with Crippen LogP contribution in [-0.4, -0.2) is 50.5 Å². The van der Waals surface area contributed by atoms with Gasteiger partial charge in [-0.2, -0.15) is 13.2 Å². The normalized spacial score (nSPS) is 13.5. The largest absolute Gasteiger partial charge is 0.480 e. The van der Waals surface area contributed by atoms with Gasteiger partial charge in [0, 0.05) is 13.2 Å². The smallest absolute Gasteiger partial charge is 0.401 e. The van der Waals surface area contributed by atoms with Crippen molar-refractivity contribution in [3.8, 4) is 0 Å². The molecule has 7 nitrogen and oxygen atoms in total. The van der Waals surface area contributed by atoms with Crippen LogP contribution in [0.1, 0.15) is 18.2 Å². The lowest BCUT2D eigenvalue weighted by Gasteiger charge is -2.13. The maximum atomic E-state index is 12.0. The summed E-state index contributed by atoms with van der Waals surface area (Å²) in [6.07, 6.45) is -2.89. The second-order valence-corrected chi connectivity index (χ2v) is 3.75. The van der Waals surface area contributed by atoms with E-state index in [4.69, 9.17) is 10.2 Å². The number of halogens is 3. The summed E-state index contributed by atoms with van der Waals surface area (Å²) in [6, 6.07) is -1.58. The van der Waals surface area contributed by atoms with Crippen molar-refractivity contribution in [2.75, 3.05) is 13.2 Å². The highest BCUT2D eigenvalue weighted by molar-refractivity contribution is 5.74. The van der Waals surface area contributed by atoms with Crippen LogP contribution in [0.15, 0.2) is 6.20 Å². The fourth-order valence-electron chi connectivity index (χ4n) is 1.32. The van der Waals surface area contributed by atoms with Crippen molar-refractivity contribution < 1.29 is 28.2 Å². The van der Waals surface area contributed by atoms with Crippen molar-refractivity contribution in [3.05, 3.63) is 11.9 Å². The lowest BCUT2D eigenvalue weighted by atomic mass is 10.2. The molecule has 0 fully saturated rings. The molecule has 19 heavy (non-hydrogen) atoms. The zero-order valence-electron chi connectivity index (χ0n) is 9.76. The molecule has 0 bridgehead atoms. The summed E-state index contributed by atoms with van der Waals surface area (Å²) in [5.41, 5.74) is -0.116. The average Bonchev–Trinajstić information content (AvgIpc) is 2.73. The van der Waals surface area contributed by atoms with Crippen molar-refractivity contribution >= 4 is 5.97 Å². The third-order valence-electron chi connectivity index (χ3n) is 2.15. The summed E-state index contributed by atoms with van der Waals surface area (Å²) in [7, 11) is 0. The molecular weight excluding hydrogens is 269 g/mol. The van der Waals surface area contributed by atoms with Gasteiger partial charge in [-0.15, -0.1) is 5.10 Å². The molecule has 3 N–H and O–H groups in total. The summed E-state index contributed by atoms with van der Waals surface area (Å²) in [4.78, 5) is 10.9. The lowest BCUT2D eigenvalue weighted by Crippen LogP contribution is -2.36. The lowest BCUT2D eigenvalue weighted by molar-refractivity contribution is -0.143. The van der Waals surface area contributed by atoms with Crippen LogP contribution in [0.25, 0.3) is 0 Å². The van der Waals surface area contributed by atoms with Gasteiger partial charge in [0.2, 0.25) is 0 Å². The number of aryl methyl sites for hydroxylation is 1. The number of aliphatic hydroxyl groups is 1. The summed E-state index contributed by atoms with van der Waals surface area (Å²) in [5.74, 6) is -1.47. The maximum absolute atomic E-state index is 12.0. The number of carboxylic acid groups (broad SMARTS) is 1. The van der Waals surface area contributed by atoms with Crippen molar-refractivity contribution in [2.45, 2.75) is 25.2 Å². The van der Waals surface area contributed by atoms with Crippen molar-refractivity contribution in [2.24, 2.45) is 0 Å². The van der Waals surface area contributed by atoms with Gasteiger partial charge in [0.05, 0.1) is 12.7 Å². The van der Waals surface area contributed by atoms with Gasteiger partial charge in [-0.05, 0) is 6.42 Å². The topological polar surface area (TPSA) is 100 Å². The molecule has 1 heterocycles. The Morgan fingerprint density at radius 2 is 2.21 bits per heavy atom. The number of carboxylic acids is 1. The number of rotatable bonds is 7. The van der Waals surface area contributed by atoms with Crippen LogP contribution in [0.5, 0.6) is 0 Å². The van der Waals surface area contributed by atoms with Crippen LogP contribution in [0.3, 0.4) is 0 Å². The molecule has 0 spiro atoms. The third kappa shape index (κ3) is 5.22. The second-order valence-electron chi connectivity index (χ2n) is 3.75. The third-order valence-corrected chi connectivity index (χ3v) is 2.15. The minimum Gasteiger partial charge on any atom is -0.480 e. The van der Waals surface area contributed by atoms with Gasteiger partial charge in [0.1, 0.15) is 5.69 Å². The molecule has 108 valence electrons. The van der Waals surface area contributed by atoms with Crippen LogP contribution < -0.4 is 5.32 Å². The first-order chi connectivity index (χ1) is 8.83. The number of aliphatic hydroxyl groups excluding tert-OH is 1. The molecular formula is C9H13F3N4O3. The van der Waals surface area contributed by atoms with Gasteiger partial charge in [-0.25, -0.2) is 0 Å². The number of aromatic nitrogens is 3. The van der Waals surface area contributed by atoms with Crippen molar-refractivity contribution in [1.29, 1.82) is 0 Å².